The van der Waals surface area contributed by atoms with Crippen LogP contribution in [0.15, 0.2) is 192 Å². The Hall–Kier alpha value is -7.56. The van der Waals surface area contributed by atoms with Crippen LogP contribution >= 0.6 is 0 Å². The molecule has 0 saturated carbocycles. The molecule has 0 radical (unpaired) electrons. The summed E-state index contributed by atoms with van der Waals surface area (Å²) in [4.78, 5) is 0. The molecule has 0 spiro atoms. The average Bonchev–Trinajstić information content (AvgIpc) is 3.63. The normalized spacial score (nSPS) is 12.7. The fourth-order valence-corrected chi connectivity index (χ4v) is 9.90. The number of fused-ring (bicyclic) bond motifs is 10. The topological polar surface area (TPSA) is 31.6 Å². The first kappa shape index (κ1) is 31.6. The van der Waals surface area contributed by atoms with Crippen LogP contribution in [0.5, 0.6) is 23.0 Å². The highest BCUT2D eigenvalue weighted by atomic mass is 16.5. The van der Waals surface area contributed by atoms with Gasteiger partial charge in [0.2, 0.25) is 0 Å². The zero-order chi connectivity index (χ0) is 37.9. The third-order valence-electron chi connectivity index (χ3n) is 12.4. The van der Waals surface area contributed by atoms with Crippen molar-refractivity contribution < 1.29 is 13.9 Å². The minimum Gasteiger partial charge on any atom is -0.458 e. The van der Waals surface area contributed by atoms with E-state index < -0.39 is 0 Å². The van der Waals surface area contributed by atoms with Crippen LogP contribution in [-0.2, 0) is 0 Å². The van der Waals surface area contributed by atoms with E-state index in [9.17, 15) is 0 Å². The molecule has 268 valence electrons. The van der Waals surface area contributed by atoms with Gasteiger partial charge in [-0.3, -0.25) is 0 Å². The highest BCUT2D eigenvalue weighted by Gasteiger charge is 2.40. The smallest absolute Gasteiger partial charge is 0.260 e. The predicted octanol–water partition coefficient (Wildman–Crippen LogP) is 12.8. The third kappa shape index (κ3) is 4.46. The van der Waals surface area contributed by atoms with Crippen molar-refractivity contribution in [3.05, 3.63) is 188 Å². The number of hydrogen-bond acceptors (Lipinski definition) is 3. The molecule has 0 unspecified atom stereocenters. The van der Waals surface area contributed by atoms with Gasteiger partial charge in [0, 0.05) is 21.8 Å². The minimum atomic E-state index is -0.00337. The zero-order valence-electron chi connectivity index (χ0n) is 31.2. The van der Waals surface area contributed by atoms with E-state index in [0.717, 1.165) is 83.6 Å². The summed E-state index contributed by atoms with van der Waals surface area (Å²) >= 11 is 0. The summed E-state index contributed by atoms with van der Waals surface area (Å²) in [6, 6.07) is 67.3. The van der Waals surface area contributed by atoms with E-state index in [4.69, 9.17) is 13.9 Å². The first-order chi connectivity index (χ1) is 28.8. The van der Waals surface area contributed by atoms with Crippen molar-refractivity contribution in [3.8, 4) is 56.4 Å². The third-order valence-corrected chi connectivity index (χ3v) is 12.4. The van der Waals surface area contributed by atoms with Gasteiger partial charge in [0.05, 0.1) is 0 Å². The van der Waals surface area contributed by atoms with Gasteiger partial charge in [-0.15, -0.1) is 0 Å². The number of hydrogen-bond donors (Lipinski definition) is 0. The number of para-hydroxylation sites is 2. The summed E-state index contributed by atoms with van der Waals surface area (Å²) in [6.07, 6.45) is 0. The Morgan fingerprint density at radius 3 is 1.71 bits per heavy atom. The first-order valence-electron chi connectivity index (χ1n) is 19.9. The number of furan rings is 1. The molecule has 0 N–H and O–H groups in total. The van der Waals surface area contributed by atoms with Crippen molar-refractivity contribution in [1.29, 1.82) is 0 Å². The molecule has 1 aromatic heterocycles. The monoisotopic (exact) mass is 738 g/mol. The molecule has 13 rings (SSSR count). The zero-order valence-corrected chi connectivity index (χ0v) is 31.2. The van der Waals surface area contributed by atoms with Gasteiger partial charge in [0.25, 0.3) is 6.71 Å². The quantitative estimate of drug-likeness (QED) is 0.134. The van der Waals surface area contributed by atoms with Gasteiger partial charge in [-0.05, 0) is 114 Å². The fourth-order valence-electron chi connectivity index (χ4n) is 9.90. The van der Waals surface area contributed by atoms with Crippen molar-refractivity contribution in [2.45, 2.75) is 0 Å². The van der Waals surface area contributed by atoms with Gasteiger partial charge in [0.15, 0.2) is 0 Å². The van der Waals surface area contributed by atoms with Crippen molar-refractivity contribution in [3.63, 3.8) is 0 Å². The molecule has 0 amide bonds. The molecule has 10 aromatic carbocycles. The largest absolute Gasteiger partial charge is 0.458 e. The van der Waals surface area contributed by atoms with E-state index in [1.54, 1.807) is 0 Å². The van der Waals surface area contributed by atoms with E-state index >= 15 is 0 Å². The lowest BCUT2D eigenvalue weighted by Gasteiger charge is -2.33. The Morgan fingerprint density at radius 1 is 0.345 bits per heavy atom. The Labute approximate surface area is 334 Å². The van der Waals surface area contributed by atoms with Gasteiger partial charge >= 0.3 is 0 Å². The Morgan fingerprint density at radius 2 is 0.914 bits per heavy atom. The highest BCUT2D eigenvalue weighted by molar-refractivity contribution is 6.98. The standard InChI is InChI=1S/C54H31BO3/c1-2-14-33-31-50-43(29-32(33)13-1)42-30-34(27-28-46(42)56-50)51-37-17-5-7-19-39(37)52(40-20-8-6-18-38(40)51)36-16-4-3-15-35(36)41-21-11-23-45-54(41)58-49-26-12-25-48-53(49)55(45)44-22-9-10-24-47(44)57-48/h1-31H. The second kappa shape index (κ2) is 12.0. The molecule has 58 heavy (non-hydrogen) atoms. The molecular weight excluding hydrogens is 707 g/mol. The summed E-state index contributed by atoms with van der Waals surface area (Å²) in [5, 5.41) is 9.44. The van der Waals surface area contributed by atoms with Gasteiger partial charge in [-0.25, -0.2) is 0 Å². The van der Waals surface area contributed by atoms with Crippen LogP contribution in [0.2, 0.25) is 0 Å². The summed E-state index contributed by atoms with van der Waals surface area (Å²) in [7, 11) is 0. The van der Waals surface area contributed by atoms with Crippen molar-refractivity contribution in [2.24, 2.45) is 0 Å². The molecule has 2 aliphatic rings. The maximum atomic E-state index is 6.96. The van der Waals surface area contributed by atoms with Crippen LogP contribution < -0.4 is 25.9 Å². The summed E-state index contributed by atoms with van der Waals surface area (Å²) < 4.78 is 19.8. The van der Waals surface area contributed by atoms with Gasteiger partial charge in [-0.2, -0.15) is 0 Å². The average molecular weight is 739 g/mol. The van der Waals surface area contributed by atoms with E-state index in [-0.39, 0.29) is 6.71 Å². The molecule has 2 aliphatic heterocycles. The number of benzene rings is 10. The second-order valence-corrected chi connectivity index (χ2v) is 15.5. The van der Waals surface area contributed by atoms with E-state index in [1.165, 1.54) is 43.4 Å². The molecular formula is C54H31BO3. The summed E-state index contributed by atoms with van der Waals surface area (Å²) in [6.45, 7) is -0.00337. The molecule has 3 heterocycles. The van der Waals surface area contributed by atoms with Crippen LogP contribution in [0, 0.1) is 0 Å². The lowest BCUT2D eigenvalue weighted by Crippen LogP contribution is -2.57. The Bertz CT molecular complexity index is 3490. The SMILES string of the molecule is c1ccc2c(c1)Oc1cccc3c1B2c1cccc(-c2ccccc2-c2c4ccccc4c(-c4ccc5oc6cc7ccccc7cc6c5c4)c4ccccc24)c1O3. The number of rotatable bonds is 3. The molecule has 11 aromatic rings. The van der Waals surface area contributed by atoms with Crippen LogP contribution in [0.3, 0.4) is 0 Å². The minimum absolute atomic E-state index is 0.00337. The van der Waals surface area contributed by atoms with Gasteiger partial charge < -0.3 is 13.9 Å². The molecule has 0 atom stereocenters. The highest BCUT2D eigenvalue weighted by Crippen LogP contribution is 2.48. The molecule has 0 fully saturated rings. The molecule has 3 nitrogen and oxygen atoms in total. The molecule has 0 bridgehead atoms. The van der Waals surface area contributed by atoms with Crippen molar-refractivity contribution in [2.75, 3.05) is 0 Å². The van der Waals surface area contributed by atoms with Gasteiger partial charge in [0.1, 0.15) is 34.2 Å². The summed E-state index contributed by atoms with van der Waals surface area (Å²) in [5.74, 6) is 3.47. The van der Waals surface area contributed by atoms with Crippen molar-refractivity contribution >= 4 is 77.4 Å². The fraction of sp³-hybridized carbons (Fsp3) is 0. The lowest BCUT2D eigenvalue weighted by molar-refractivity contribution is 0.465. The molecule has 0 saturated heterocycles. The molecule has 0 aliphatic carbocycles. The predicted molar refractivity (Wildman–Crippen MR) is 240 cm³/mol. The maximum Gasteiger partial charge on any atom is 0.260 e. The first-order valence-corrected chi connectivity index (χ1v) is 19.9. The van der Waals surface area contributed by atoms with Crippen LogP contribution in [0.1, 0.15) is 0 Å². The van der Waals surface area contributed by atoms with Crippen molar-refractivity contribution in [1.82, 2.24) is 0 Å². The second-order valence-electron chi connectivity index (χ2n) is 15.5. The lowest BCUT2D eigenvalue weighted by atomic mass is 9.34. The maximum absolute atomic E-state index is 6.96. The van der Waals surface area contributed by atoms with Crippen LogP contribution in [-0.4, -0.2) is 6.71 Å². The molecule has 4 heteroatoms. The van der Waals surface area contributed by atoms with Crippen LogP contribution in [0.4, 0.5) is 0 Å². The van der Waals surface area contributed by atoms with Crippen LogP contribution in [0.25, 0.3) is 87.6 Å². The van der Waals surface area contributed by atoms with E-state index in [1.807, 2.05) is 18.2 Å². The summed E-state index contributed by atoms with van der Waals surface area (Å²) in [5.41, 5.74) is 12.1. The number of ether oxygens (including phenoxy) is 2. The Balaban J connectivity index is 1.04. The Kier molecular flexibility index (Phi) is 6.53. The van der Waals surface area contributed by atoms with Gasteiger partial charge in [-0.1, -0.05) is 146 Å². The van der Waals surface area contributed by atoms with E-state index in [2.05, 4.69) is 170 Å². The van der Waals surface area contributed by atoms with E-state index in [0.29, 0.717) is 0 Å².